The third-order valence-corrected chi connectivity index (χ3v) is 12.0. The molecule has 3 aliphatic carbocycles. The highest BCUT2D eigenvalue weighted by atomic mass is 15.0. The summed E-state index contributed by atoms with van der Waals surface area (Å²) < 4.78 is 4.94. The average molecular weight is 711 g/mol. The van der Waals surface area contributed by atoms with Crippen LogP contribution in [0.1, 0.15) is 34.4 Å². The van der Waals surface area contributed by atoms with Gasteiger partial charge in [-0.2, -0.15) is 0 Å². The maximum atomic E-state index is 3.73. The quantitative estimate of drug-likeness (QED) is 0.162. The summed E-state index contributed by atoms with van der Waals surface area (Å²) in [4.78, 5) is 0. The molecule has 0 saturated heterocycles. The summed E-state index contributed by atoms with van der Waals surface area (Å²) in [5.41, 5.74) is 27.8. The molecule has 0 amide bonds. The number of aromatic nitrogens is 2. The lowest BCUT2D eigenvalue weighted by Crippen LogP contribution is -2.06. The molecule has 7 aromatic carbocycles. The van der Waals surface area contributed by atoms with Crippen LogP contribution in [0.5, 0.6) is 0 Å². The molecule has 2 heteroatoms. The second-order valence-electron chi connectivity index (χ2n) is 15.0. The standard InChI is InChI=1S/C54H34N2/c1-2-17-39-38(16-1)40-18-3-4-20-42(40)44-31-29-35(33-48(44)43-21-6-5-19-41(39)43)37-15-7-11-25-50(37)56-53-28-14-10-24-47(53)49-34-36(30-32-54(49)56)55-51-26-12-8-22-45(51)46-23-9-13-27-52(46)55/h1-13,15-27,30,32-34H,14,28H2. The minimum atomic E-state index is 0.975. The van der Waals surface area contributed by atoms with E-state index >= 15 is 0 Å². The van der Waals surface area contributed by atoms with E-state index in [0.717, 1.165) is 35.2 Å². The Morgan fingerprint density at radius 2 is 1.00 bits per heavy atom. The van der Waals surface area contributed by atoms with Crippen LogP contribution in [0.2, 0.25) is 0 Å². The molecule has 12 rings (SSSR count). The molecular formula is C54H34N2. The van der Waals surface area contributed by atoms with Gasteiger partial charge in [0.2, 0.25) is 0 Å². The van der Waals surface area contributed by atoms with Crippen LogP contribution in [-0.4, -0.2) is 9.13 Å². The Bertz CT molecular complexity index is 3270. The lowest BCUT2D eigenvalue weighted by atomic mass is 9.78. The summed E-state index contributed by atoms with van der Waals surface area (Å²) in [6.45, 7) is 0. The Morgan fingerprint density at radius 1 is 0.446 bits per heavy atom. The molecule has 0 atom stereocenters. The summed E-state index contributed by atoms with van der Waals surface area (Å²) in [5, 5.41) is 3.82. The zero-order chi connectivity index (χ0) is 36.7. The number of rotatable bonds is 3. The van der Waals surface area contributed by atoms with Crippen LogP contribution in [0.3, 0.4) is 0 Å². The first-order valence-corrected chi connectivity index (χ1v) is 19.5. The highest BCUT2D eigenvalue weighted by Gasteiger charge is 2.27. The Labute approximate surface area is 325 Å². The van der Waals surface area contributed by atoms with E-state index in [0.29, 0.717) is 0 Å². The maximum absolute atomic E-state index is 3.73. The molecule has 0 bridgehead atoms. The van der Waals surface area contributed by atoms with Gasteiger partial charge >= 0.3 is 0 Å². The molecule has 2 aromatic heterocycles. The number of hydrogen-bond donors (Lipinski definition) is 0. The van der Waals surface area contributed by atoms with Crippen molar-refractivity contribution in [1.82, 2.24) is 9.13 Å². The Kier molecular flexibility index (Phi) is 6.70. The summed E-state index contributed by atoms with van der Waals surface area (Å²) in [5.74, 6) is 0. The smallest absolute Gasteiger partial charge is 0.0543 e. The molecular weight excluding hydrogens is 677 g/mol. The predicted octanol–water partition coefficient (Wildman–Crippen LogP) is 13.7. The van der Waals surface area contributed by atoms with Gasteiger partial charge in [0, 0.05) is 49.8 Å². The molecule has 260 valence electrons. The van der Waals surface area contributed by atoms with Crippen molar-refractivity contribution < 1.29 is 0 Å². The fourth-order valence-corrected chi connectivity index (χ4v) is 9.58. The van der Waals surface area contributed by atoms with Crippen LogP contribution in [0.25, 0.3) is 89.1 Å². The highest BCUT2D eigenvalue weighted by molar-refractivity contribution is 6.16. The first-order valence-electron chi connectivity index (χ1n) is 19.5. The summed E-state index contributed by atoms with van der Waals surface area (Å²) >= 11 is 0. The normalized spacial score (nSPS) is 13.9. The van der Waals surface area contributed by atoms with Crippen LogP contribution in [0.15, 0.2) is 187 Å². The molecule has 3 aliphatic rings. The summed E-state index contributed by atoms with van der Waals surface area (Å²) in [6, 6.07) is 59.8. The Morgan fingerprint density at radius 3 is 1.71 bits per heavy atom. The number of benzene rings is 7. The minimum Gasteiger partial charge on any atom is -0.312 e. The second kappa shape index (κ2) is 12.1. The SMILES string of the molecule is C1=C=C(c2ccccc2-n2c3c(c4cc(-n5c6ccccc6c6ccccc65)ccc42)C=CCC3)C=C2C=1c1ccccc1-c1ccccc1-c1ccccc12. The monoisotopic (exact) mass is 710 g/mol. The van der Waals surface area contributed by atoms with Gasteiger partial charge in [-0.15, -0.1) is 0 Å². The van der Waals surface area contributed by atoms with Crippen LogP contribution >= 0.6 is 0 Å². The molecule has 0 N–H and O–H groups in total. The van der Waals surface area contributed by atoms with Gasteiger partial charge in [0.1, 0.15) is 0 Å². The number of para-hydroxylation sites is 3. The van der Waals surface area contributed by atoms with Crippen LogP contribution < -0.4 is 0 Å². The molecule has 56 heavy (non-hydrogen) atoms. The van der Waals surface area contributed by atoms with Crippen LogP contribution in [0.4, 0.5) is 0 Å². The van der Waals surface area contributed by atoms with E-state index in [1.165, 1.54) is 88.6 Å². The molecule has 2 nitrogen and oxygen atoms in total. The van der Waals surface area contributed by atoms with Crippen molar-refractivity contribution in [3.63, 3.8) is 0 Å². The predicted molar refractivity (Wildman–Crippen MR) is 234 cm³/mol. The first-order chi connectivity index (χ1) is 27.8. The van der Waals surface area contributed by atoms with Gasteiger partial charge in [0.25, 0.3) is 0 Å². The summed E-state index contributed by atoms with van der Waals surface area (Å²) in [7, 11) is 0. The third kappa shape index (κ3) is 4.46. The molecule has 0 unspecified atom stereocenters. The van der Waals surface area contributed by atoms with Gasteiger partial charge in [0.15, 0.2) is 0 Å². The zero-order valence-corrected chi connectivity index (χ0v) is 30.6. The van der Waals surface area contributed by atoms with Gasteiger partial charge in [-0.3, -0.25) is 0 Å². The molecule has 0 radical (unpaired) electrons. The van der Waals surface area contributed by atoms with Crippen LogP contribution in [0, 0.1) is 0 Å². The molecule has 2 heterocycles. The number of hydrogen-bond acceptors (Lipinski definition) is 0. The maximum Gasteiger partial charge on any atom is 0.0543 e. The average Bonchev–Trinajstić information content (AvgIpc) is 3.78. The largest absolute Gasteiger partial charge is 0.312 e. The number of allylic oxidation sites excluding steroid dienone is 5. The Balaban J connectivity index is 1.09. The molecule has 0 fully saturated rings. The van der Waals surface area contributed by atoms with E-state index in [1.54, 1.807) is 0 Å². The van der Waals surface area contributed by atoms with Crippen molar-refractivity contribution in [3.8, 4) is 33.6 Å². The zero-order valence-electron chi connectivity index (χ0n) is 30.6. The first kappa shape index (κ1) is 31.1. The fourth-order valence-electron chi connectivity index (χ4n) is 9.58. The van der Waals surface area contributed by atoms with E-state index in [9.17, 15) is 0 Å². The minimum absolute atomic E-state index is 0.975. The third-order valence-electron chi connectivity index (χ3n) is 12.0. The van der Waals surface area contributed by atoms with E-state index < -0.39 is 0 Å². The van der Waals surface area contributed by atoms with E-state index in [2.05, 4.69) is 203 Å². The van der Waals surface area contributed by atoms with Gasteiger partial charge in [0.05, 0.1) is 22.2 Å². The Hall–Kier alpha value is -7.34. The highest BCUT2D eigenvalue weighted by Crippen LogP contribution is 2.48. The second-order valence-corrected chi connectivity index (χ2v) is 15.0. The van der Waals surface area contributed by atoms with Crippen molar-refractivity contribution >= 4 is 55.5 Å². The van der Waals surface area contributed by atoms with Crippen molar-refractivity contribution in [3.05, 3.63) is 215 Å². The summed E-state index contributed by atoms with van der Waals surface area (Å²) in [6.07, 6.45) is 9.02. The molecule has 0 saturated carbocycles. The van der Waals surface area contributed by atoms with Crippen molar-refractivity contribution in [2.75, 3.05) is 0 Å². The van der Waals surface area contributed by atoms with Gasteiger partial charge in [-0.1, -0.05) is 151 Å². The molecule has 0 spiro atoms. The molecule has 0 aliphatic heterocycles. The lowest BCUT2D eigenvalue weighted by Gasteiger charge is -2.25. The van der Waals surface area contributed by atoms with Crippen LogP contribution in [-0.2, 0) is 6.42 Å². The van der Waals surface area contributed by atoms with Crippen molar-refractivity contribution in [2.24, 2.45) is 0 Å². The van der Waals surface area contributed by atoms with Gasteiger partial charge in [-0.05, 0) is 94.3 Å². The number of nitrogens with zero attached hydrogens (tertiary/aromatic N) is 2. The fraction of sp³-hybridized carbons (Fsp3) is 0.0370. The van der Waals surface area contributed by atoms with E-state index in [1.807, 2.05) is 0 Å². The van der Waals surface area contributed by atoms with E-state index in [-0.39, 0.29) is 0 Å². The van der Waals surface area contributed by atoms with E-state index in [4.69, 9.17) is 0 Å². The topological polar surface area (TPSA) is 9.86 Å². The number of fused-ring (bicyclic) bond motifs is 14. The van der Waals surface area contributed by atoms with Crippen molar-refractivity contribution in [2.45, 2.75) is 12.8 Å². The van der Waals surface area contributed by atoms with Gasteiger partial charge in [-0.25, -0.2) is 0 Å². The lowest BCUT2D eigenvalue weighted by molar-refractivity contribution is 0.887. The van der Waals surface area contributed by atoms with Crippen molar-refractivity contribution in [1.29, 1.82) is 0 Å². The molecule has 9 aromatic rings. The van der Waals surface area contributed by atoms with Gasteiger partial charge < -0.3 is 9.13 Å².